The van der Waals surface area contributed by atoms with Gasteiger partial charge in [-0.2, -0.15) is 0 Å². The molecule has 32 heavy (non-hydrogen) atoms. The number of benzene rings is 3. The van der Waals surface area contributed by atoms with E-state index in [9.17, 15) is 9.59 Å². The van der Waals surface area contributed by atoms with Gasteiger partial charge in [0.15, 0.2) is 0 Å². The first-order valence-corrected chi connectivity index (χ1v) is 9.93. The predicted octanol–water partition coefficient (Wildman–Crippen LogP) is 3.37. The number of methoxy groups -OCH3 is 2. The summed E-state index contributed by atoms with van der Waals surface area (Å²) in [5.41, 5.74) is 8.37. The van der Waals surface area contributed by atoms with E-state index in [0.717, 1.165) is 5.56 Å². The first-order chi connectivity index (χ1) is 15.5. The molecular weight excluding hydrogens is 406 g/mol. The summed E-state index contributed by atoms with van der Waals surface area (Å²) in [5.74, 6) is 0.233. The maximum atomic E-state index is 13.0. The van der Waals surface area contributed by atoms with Crippen molar-refractivity contribution >= 4 is 23.6 Å². The number of carbonyl (C=O) groups excluding carboxylic acids is 2. The van der Waals surface area contributed by atoms with Crippen LogP contribution in [0.3, 0.4) is 0 Å². The first kappa shape index (κ1) is 22.4. The lowest BCUT2D eigenvalue weighted by Gasteiger charge is -2.13. The Morgan fingerprint density at radius 2 is 1.66 bits per heavy atom. The zero-order valence-electron chi connectivity index (χ0n) is 17.9. The number of nitrogens with one attached hydrogen (secondary N) is 2. The molecule has 7 nitrogen and oxygen atoms in total. The Morgan fingerprint density at radius 1 is 0.938 bits per heavy atom. The number of ether oxygens (including phenoxy) is 2. The summed E-state index contributed by atoms with van der Waals surface area (Å²) in [4.78, 5) is 25.8. The molecule has 0 bridgehead atoms. The summed E-state index contributed by atoms with van der Waals surface area (Å²) in [6.45, 7) is 0.208. The Balaban J connectivity index is 1.92. The molecule has 0 aliphatic rings. The van der Waals surface area contributed by atoms with Gasteiger partial charge in [-0.1, -0.05) is 36.4 Å². The molecule has 0 aliphatic heterocycles. The summed E-state index contributed by atoms with van der Waals surface area (Å²) in [6, 6.07) is 21.1. The number of rotatable bonds is 8. The van der Waals surface area contributed by atoms with Gasteiger partial charge in [0.1, 0.15) is 17.2 Å². The van der Waals surface area contributed by atoms with Gasteiger partial charge in [0.25, 0.3) is 11.8 Å². The standard InChI is InChI=1S/C25H25N3O4/c1-31-20-12-13-23(32-2)19(14-20)15-22(28-24(29)17-8-4-3-5-9-17)25(30)27-16-18-10-6-7-11-21(18)26/h3-15H,16,26H2,1-2H3,(H,27,30)(H,28,29)/b22-15+. The van der Waals surface area contributed by atoms with Crippen LogP contribution in [0.2, 0.25) is 0 Å². The molecule has 4 N–H and O–H groups in total. The van der Waals surface area contributed by atoms with Crippen LogP contribution in [-0.4, -0.2) is 26.0 Å². The molecule has 3 aromatic rings. The van der Waals surface area contributed by atoms with Crippen LogP contribution in [0, 0.1) is 0 Å². The van der Waals surface area contributed by atoms with Crippen LogP contribution in [-0.2, 0) is 11.3 Å². The minimum Gasteiger partial charge on any atom is -0.497 e. The van der Waals surface area contributed by atoms with E-state index in [1.807, 2.05) is 24.3 Å². The first-order valence-electron chi connectivity index (χ1n) is 9.93. The number of carbonyl (C=O) groups is 2. The molecule has 0 aromatic heterocycles. The zero-order valence-corrected chi connectivity index (χ0v) is 17.9. The summed E-state index contributed by atoms with van der Waals surface area (Å²) < 4.78 is 10.7. The van der Waals surface area contributed by atoms with Crippen LogP contribution >= 0.6 is 0 Å². The highest BCUT2D eigenvalue weighted by Crippen LogP contribution is 2.26. The van der Waals surface area contributed by atoms with E-state index >= 15 is 0 Å². The minimum atomic E-state index is -0.470. The molecule has 0 heterocycles. The third-order valence-corrected chi connectivity index (χ3v) is 4.76. The SMILES string of the molecule is COc1ccc(OC)c(/C=C(/NC(=O)c2ccccc2)C(=O)NCc2ccccc2N)c1. The molecule has 0 fully saturated rings. The van der Waals surface area contributed by atoms with Crippen molar-refractivity contribution in [3.63, 3.8) is 0 Å². The van der Waals surface area contributed by atoms with Gasteiger partial charge in [0.2, 0.25) is 0 Å². The number of amides is 2. The highest BCUT2D eigenvalue weighted by atomic mass is 16.5. The van der Waals surface area contributed by atoms with E-state index in [-0.39, 0.29) is 12.2 Å². The maximum absolute atomic E-state index is 13.0. The Bertz CT molecular complexity index is 1130. The van der Waals surface area contributed by atoms with Gasteiger partial charge in [-0.3, -0.25) is 9.59 Å². The molecule has 0 saturated heterocycles. The minimum absolute atomic E-state index is 0.0555. The Labute approximate surface area is 186 Å². The number of anilines is 1. The van der Waals surface area contributed by atoms with Gasteiger partial charge in [0, 0.05) is 23.4 Å². The fourth-order valence-corrected chi connectivity index (χ4v) is 3.02. The fourth-order valence-electron chi connectivity index (χ4n) is 3.02. The summed E-state index contributed by atoms with van der Waals surface area (Å²) in [7, 11) is 3.07. The van der Waals surface area contributed by atoms with Gasteiger partial charge in [-0.05, 0) is 48.0 Å². The second-order valence-electron chi connectivity index (χ2n) is 6.87. The normalized spacial score (nSPS) is 10.9. The lowest BCUT2D eigenvalue weighted by atomic mass is 10.1. The van der Waals surface area contributed by atoms with Crippen LogP contribution in [0.5, 0.6) is 11.5 Å². The molecule has 7 heteroatoms. The van der Waals surface area contributed by atoms with E-state index in [2.05, 4.69) is 10.6 Å². The van der Waals surface area contributed by atoms with Gasteiger partial charge < -0.3 is 25.8 Å². The largest absolute Gasteiger partial charge is 0.497 e. The Morgan fingerprint density at radius 3 is 2.34 bits per heavy atom. The van der Waals surface area contributed by atoms with Gasteiger partial charge in [-0.25, -0.2) is 0 Å². The molecule has 2 amide bonds. The molecule has 3 aromatic carbocycles. The summed E-state index contributed by atoms with van der Waals surface area (Å²) in [6.07, 6.45) is 1.55. The van der Waals surface area contributed by atoms with Crippen LogP contribution < -0.4 is 25.8 Å². The monoisotopic (exact) mass is 431 g/mol. The van der Waals surface area contributed by atoms with Crippen molar-refractivity contribution in [1.82, 2.24) is 10.6 Å². The average Bonchev–Trinajstić information content (AvgIpc) is 2.83. The fraction of sp³-hybridized carbons (Fsp3) is 0.120. The van der Waals surface area contributed by atoms with Crippen LogP contribution in [0.15, 0.2) is 78.5 Å². The quantitative estimate of drug-likeness (QED) is 0.375. The van der Waals surface area contributed by atoms with E-state index in [1.165, 1.54) is 7.11 Å². The zero-order chi connectivity index (χ0) is 22.9. The van der Waals surface area contributed by atoms with Crippen molar-refractivity contribution < 1.29 is 19.1 Å². The van der Waals surface area contributed by atoms with Crippen molar-refractivity contribution in [3.8, 4) is 11.5 Å². The van der Waals surface area contributed by atoms with Crippen molar-refractivity contribution in [1.29, 1.82) is 0 Å². The second-order valence-corrected chi connectivity index (χ2v) is 6.87. The number of para-hydroxylation sites is 1. The molecule has 0 saturated carbocycles. The highest BCUT2D eigenvalue weighted by Gasteiger charge is 2.16. The Kier molecular flexibility index (Phi) is 7.48. The van der Waals surface area contributed by atoms with E-state index in [4.69, 9.17) is 15.2 Å². The predicted molar refractivity (Wildman–Crippen MR) is 124 cm³/mol. The lowest BCUT2D eigenvalue weighted by molar-refractivity contribution is -0.117. The second kappa shape index (κ2) is 10.7. The van der Waals surface area contributed by atoms with Crippen molar-refractivity contribution in [2.24, 2.45) is 0 Å². The van der Waals surface area contributed by atoms with Crippen LogP contribution in [0.4, 0.5) is 5.69 Å². The average molecular weight is 431 g/mol. The molecular formula is C25H25N3O4. The number of hydrogen-bond acceptors (Lipinski definition) is 5. The summed E-state index contributed by atoms with van der Waals surface area (Å²) in [5, 5.41) is 5.51. The molecule has 0 atom stereocenters. The molecule has 164 valence electrons. The van der Waals surface area contributed by atoms with Crippen molar-refractivity contribution in [2.75, 3.05) is 20.0 Å². The third-order valence-electron chi connectivity index (χ3n) is 4.76. The Hall–Kier alpha value is -4.26. The molecule has 3 rings (SSSR count). The maximum Gasteiger partial charge on any atom is 0.268 e. The van der Waals surface area contributed by atoms with Crippen molar-refractivity contribution in [3.05, 3.63) is 95.2 Å². The molecule has 0 unspecified atom stereocenters. The molecule has 0 spiro atoms. The number of nitrogen functional groups attached to an aromatic ring is 1. The van der Waals surface area contributed by atoms with Gasteiger partial charge >= 0.3 is 0 Å². The highest BCUT2D eigenvalue weighted by molar-refractivity contribution is 6.05. The van der Waals surface area contributed by atoms with E-state index in [0.29, 0.717) is 28.3 Å². The lowest BCUT2D eigenvalue weighted by Crippen LogP contribution is -2.34. The van der Waals surface area contributed by atoms with E-state index < -0.39 is 11.8 Å². The van der Waals surface area contributed by atoms with Crippen LogP contribution in [0.25, 0.3) is 6.08 Å². The third kappa shape index (κ3) is 5.66. The van der Waals surface area contributed by atoms with E-state index in [1.54, 1.807) is 61.7 Å². The van der Waals surface area contributed by atoms with Crippen molar-refractivity contribution in [2.45, 2.75) is 6.54 Å². The smallest absolute Gasteiger partial charge is 0.268 e. The summed E-state index contributed by atoms with van der Waals surface area (Å²) >= 11 is 0. The number of hydrogen-bond donors (Lipinski definition) is 3. The topological polar surface area (TPSA) is 103 Å². The van der Waals surface area contributed by atoms with Crippen LogP contribution in [0.1, 0.15) is 21.5 Å². The molecule has 0 aliphatic carbocycles. The van der Waals surface area contributed by atoms with Gasteiger partial charge in [0.05, 0.1) is 14.2 Å². The van der Waals surface area contributed by atoms with Gasteiger partial charge in [-0.15, -0.1) is 0 Å². The molecule has 0 radical (unpaired) electrons. The number of nitrogens with two attached hydrogens (primary N) is 1.